The Bertz CT molecular complexity index is 294. The third-order valence-corrected chi connectivity index (χ3v) is 2.47. The topological polar surface area (TPSA) is 45.1 Å². The van der Waals surface area contributed by atoms with Gasteiger partial charge in [0.05, 0.1) is 17.4 Å². The maximum absolute atomic E-state index is 12.7. The van der Waals surface area contributed by atoms with E-state index < -0.39 is 5.54 Å². The molecule has 1 atom stereocenters. The summed E-state index contributed by atoms with van der Waals surface area (Å²) in [7, 11) is 0. The van der Waals surface area contributed by atoms with Crippen molar-refractivity contribution in [1.82, 2.24) is 10.3 Å². The van der Waals surface area contributed by atoms with Crippen LogP contribution in [0.25, 0.3) is 0 Å². The van der Waals surface area contributed by atoms with E-state index in [1.54, 1.807) is 6.07 Å². The number of pyridine rings is 1. The van der Waals surface area contributed by atoms with E-state index in [-0.39, 0.29) is 12.4 Å². The second kappa shape index (κ2) is 5.19. The summed E-state index contributed by atoms with van der Waals surface area (Å²) < 4.78 is 12.7. The van der Waals surface area contributed by atoms with Gasteiger partial charge in [-0.25, -0.2) is 4.39 Å². The van der Waals surface area contributed by atoms with Gasteiger partial charge in [-0.15, -0.1) is 0 Å². The van der Waals surface area contributed by atoms with Gasteiger partial charge in [-0.1, -0.05) is 6.92 Å². The van der Waals surface area contributed by atoms with Gasteiger partial charge in [0.1, 0.15) is 5.82 Å². The Morgan fingerprint density at radius 2 is 2.27 bits per heavy atom. The second-order valence-electron chi connectivity index (χ2n) is 3.70. The molecule has 0 bridgehead atoms. The van der Waals surface area contributed by atoms with Gasteiger partial charge in [0, 0.05) is 6.61 Å². The maximum atomic E-state index is 12.7. The van der Waals surface area contributed by atoms with Crippen molar-refractivity contribution in [2.45, 2.75) is 25.8 Å². The maximum Gasteiger partial charge on any atom is 0.141 e. The molecule has 0 fully saturated rings. The van der Waals surface area contributed by atoms with Crippen LogP contribution in [0.2, 0.25) is 0 Å². The Labute approximate surface area is 89.4 Å². The van der Waals surface area contributed by atoms with Gasteiger partial charge in [0.25, 0.3) is 0 Å². The minimum atomic E-state index is -0.392. The van der Waals surface area contributed by atoms with Crippen molar-refractivity contribution < 1.29 is 9.50 Å². The average Bonchev–Trinajstić information content (AvgIpc) is 2.19. The van der Waals surface area contributed by atoms with Crippen LogP contribution < -0.4 is 5.32 Å². The van der Waals surface area contributed by atoms with Gasteiger partial charge in [-0.05, 0) is 32.0 Å². The molecule has 15 heavy (non-hydrogen) atoms. The monoisotopic (exact) mass is 212 g/mol. The summed E-state index contributed by atoms with van der Waals surface area (Å²) in [5, 5.41) is 12.3. The molecule has 0 aromatic carbocycles. The second-order valence-corrected chi connectivity index (χ2v) is 3.70. The van der Waals surface area contributed by atoms with Gasteiger partial charge < -0.3 is 10.4 Å². The molecule has 84 valence electrons. The highest BCUT2D eigenvalue weighted by Crippen LogP contribution is 2.22. The predicted molar refractivity (Wildman–Crippen MR) is 56.9 cm³/mol. The molecule has 4 heteroatoms. The summed E-state index contributed by atoms with van der Waals surface area (Å²) in [5.74, 6) is -0.346. The fourth-order valence-corrected chi connectivity index (χ4v) is 1.62. The van der Waals surface area contributed by atoms with Gasteiger partial charge in [-0.3, -0.25) is 4.98 Å². The van der Waals surface area contributed by atoms with Crippen molar-refractivity contribution in [3.63, 3.8) is 0 Å². The third-order valence-electron chi connectivity index (χ3n) is 2.47. The number of nitrogens with one attached hydrogen (secondary N) is 1. The zero-order valence-corrected chi connectivity index (χ0v) is 9.13. The summed E-state index contributed by atoms with van der Waals surface area (Å²) in [6, 6.07) is 3.03. The van der Waals surface area contributed by atoms with Crippen molar-refractivity contribution in [2.24, 2.45) is 0 Å². The van der Waals surface area contributed by atoms with Crippen molar-refractivity contribution >= 4 is 0 Å². The average molecular weight is 212 g/mol. The summed E-state index contributed by atoms with van der Waals surface area (Å²) in [6.07, 6.45) is 1.75. The first-order valence-corrected chi connectivity index (χ1v) is 5.10. The molecule has 0 amide bonds. The van der Waals surface area contributed by atoms with E-state index in [4.69, 9.17) is 5.11 Å². The lowest BCUT2D eigenvalue weighted by atomic mass is 9.93. The molecule has 0 saturated carbocycles. The zero-order chi connectivity index (χ0) is 11.3. The number of nitrogens with zero attached hydrogens (tertiary/aromatic N) is 1. The van der Waals surface area contributed by atoms with Crippen LogP contribution in [0.3, 0.4) is 0 Å². The Morgan fingerprint density at radius 3 is 2.73 bits per heavy atom. The van der Waals surface area contributed by atoms with Gasteiger partial charge in [-0.2, -0.15) is 0 Å². The van der Waals surface area contributed by atoms with Crippen molar-refractivity contribution in [3.8, 4) is 0 Å². The smallest absolute Gasteiger partial charge is 0.141 e. The van der Waals surface area contributed by atoms with Crippen LogP contribution >= 0.6 is 0 Å². The highest BCUT2D eigenvalue weighted by atomic mass is 19.1. The lowest BCUT2D eigenvalue weighted by molar-refractivity contribution is 0.220. The Hall–Kier alpha value is -1.00. The molecule has 1 rings (SSSR count). The molecular weight excluding hydrogens is 195 g/mol. The van der Waals surface area contributed by atoms with Crippen LogP contribution in [0.1, 0.15) is 26.0 Å². The number of aliphatic hydroxyl groups excluding tert-OH is 1. The molecule has 0 aliphatic carbocycles. The van der Waals surface area contributed by atoms with E-state index in [1.807, 2.05) is 13.8 Å². The van der Waals surface area contributed by atoms with E-state index in [2.05, 4.69) is 10.3 Å². The van der Waals surface area contributed by atoms with Crippen LogP contribution in [0, 0.1) is 5.82 Å². The van der Waals surface area contributed by atoms with E-state index in [0.29, 0.717) is 6.42 Å². The molecule has 0 radical (unpaired) electrons. The molecule has 0 aliphatic rings. The number of hydrogen-bond donors (Lipinski definition) is 2. The molecule has 0 aliphatic heterocycles. The number of aliphatic hydroxyl groups is 1. The zero-order valence-electron chi connectivity index (χ0n) is 9.13. The molecule has 1 heterocycles. The van der Waals surface area contributed by atoms with Crippen LogP contribution in [-0.2, 0) is 5.54 Å². The number of aromatic nitrogens is 1. The fraction of sp³-hybridized carbons (Fsp3) is 0.545. The fourth-order valence-electron chi connectivity index (χ4n) is 1.62. The summed E-state index contributed by atoms with van der Waals surface area (Å²) >= 11 is 0. The third kappa shape index (κ3) is 2.97. The van der Waals surface area contributed by atoms with Gasteiger partial charge in [0.15, 0.2) is 0 Å². The van der Waals surface area contributed by atoms with Crippen molar-refractivity contribution in [1.29, 1.82) is 0 Å². The normalized spacial score (nSPS) is 14.9. The van der Waals surface area contributed by atoms with Crippen molar-refractivity contribution in [3.05, 3.63) is 29.8 Å². The first-order valence-electron chi connectivity index (χ1n) is 5.10. The molecular formula is C11H17FN2O. The molecule has 2 N–H and O–H groups in total. The molecule has 3 nitrogen and oxygen atoms in total. The van der Waals surface area contributed by atoms with E-state index in [9.17, 15) is 4.39 Å². The van der Waals surface area contributed by atoms with E-state index in [1.165, 1.54) is 12.3 Å². The predicted octanol–water partition coefficient (Wildman–Crippen LogP) is 1.43. The summed E-state index contributed by atoms with van der Waals surface area (Å²) in [6.45, 7) is 4.78. The Kier molecular flexibility index (Phi) is 4.17. The van der Waals surface area contributed by atoms with Crippen LogP contribution in [0.15, 0.2) is 18.3 Å². The highest BCUT2D eigenvalue weighted by Gasteiger charge is 2.26. The SMILES string of the molecule is CCNC(C)(CCO)c1ccc(F)cn1. The minimum Gasteiger partial charge on any atom is -0.396 e. The first kappa shape index (κ1) is 12.1. The molecule has 1 aromatic heterocycles. The first-order chi connectivity index (χ1) is 7.12. The number of rotatable bonds is 5. The number of halogens is 1. The Morgan fingerprint density at radius 1 is 1.53 bits per heavy atom. The van der Waals surface area contributed by atoms with E-state index in [0.717, 1.165) is 12.2 Å². The van der Waals surface area contributed by atoms with Crippen LogP contribution in [0.5, 0.6) is 0 Å². The quantitative estimate of drug-likeness (QED) is 0.776. The highest BCUT2D eigenvalue weighted by molar-refractivity contribution is 5.15. The van der Waals surface area contributed by atoms with Crippen LogP contribution in [0.4, 0.5) is 4.39 Å². The lowest BCUT2D eigenvalue weighted by Gasteiger charge is -2.29. The standard InChI is InChI=1S/C11H17FN2O/c1-3-14-11(2,6-7-15)10-5-4-9(12)8-13-10/h4-5,8,14-15H,3,6-7H2,1-2H3. The van der Waals surface area contributed by atoms with E-state index >= 15 is 0 Å². The molecule has 1 unspecified atom stereocenters. The number of hydrogen-bond acceptors (Lipinski definition) is 3. The van der Waals surface area contributed by atoms with Gasteiger partial charge in [0.2, 0.25) is 0 Å². The van der Waals surface area contributed by atoms with Crippen molar-refractivity contribution in [2.75, 3.05) is 13.2 Å². The molecule has 0 saturated heterocycles. The van der Waals surface area contributed by atoms with Crippen LogP contribution in [-0.4, -0.2) is 23.2 Å². The Balaban J connectivity index is 2.92. The largest absolute Gasteiger partial charge is 0.396 e. The summed E-state index contributed by atoms with van der Waals surface area (Å²) in [4.78, 5) is 4.04. The summed E-state index contributed by atoms with van der Waals surface area (Å²) in [5.41, 5.74) is 0.358. The molecule has 1 aromatic rings. The molecule has 0 spiro atoms. The lowest BCUT2D eigenvalue weighted by Crippen LogP contribution is -2.41. The van der Waals surface area contributed by atoms with Gasteiger partial charge >= 0.3 is 0 Å². The minimum absolute atomic E-state index is 0.0720.